The number of unbranched alkanes of at least 4 members (excludes halogenated alkanes) is 5. The van der Waals surface area contributed by atoms with E-state index < -0.39 is 6.04 Å². The molecule has 5 aromatic rings. The molecule has 3 amide bonds. The fourth-order valence-electron chi connectivity index (χ4n) is 8.21. The standard InChI is InChI=1S/C43H48N8O4S/c44-40-38-39(29-17-19-32(20-18-29)55-31-13-6-5-7-14-31)48-51(41(38)46-28-45-40)30-12-11-24-49(26-30)23-8-3-1-2-4-9-25-56-36-16-10-15-33-34(36)27-50(43(33)54)35-21-22-37(52)47-42(35)53/h5-7,10,13-20,28,30,35H,1-4,8-9,11-12,21-27H2,(H2,44,45,46)(H,47,52,53)/t30-,35?/m1/s1. The number of nitrogens with zero attached hydrogens (tertiary/aromatic N) is 6. The van der Waals surface area contributed by atoms with Crippen molar-refractivity contribution in [3.63, 3.8) is 0 Å². The summed E-state index contributed by atoms with van der Waals surface area (Å²) in [5, 5.41) is 8.30. The lowest BCUT2D eigenvalue weighted by molar-refractivity contribution is -0.136. The molecule has 290 valence electrons. The number of nitrogens with one attached hydrogen (secondary N) is 1. The molecule has 3 aliphatic rings. The van der Waals surface area contributed by atoms with Crippen molar-refractivity contribution in [1.29, 1.82) is 0 Å². The van der Waals surface area contributed by atoms with Crippen LogP contribution in [0.3, 0.4) is 0 Å². The van der Waals surface area contributed by atoms with Gasteiger partial charge in [0, 0.05) is 35.5 Å². The van der Waals surface area contributed by atoms with E-state index in [9.17, 15) is 14.4 Å². The average Bonchev–Trinajstić information content (AvgIpc) is 3.77. The summed E-state index contributed by atoms with van der Waals surface area (Å²) >= 11 is 1.80. The van der Waals surface area contributed by atoms with E-state index in [1.807, 2.05) is 66.7 Å². The number of benzene rings is 3. The van der Waals surface area contributed by atoms with Gasteiger partial charge in [-0.25, -0.2) is 14.6 Å². The van der Waals surface area contributed by atoms with Crippen molar-refractivity contribution in [2.75, 3.05) is 31.1 Å². The Labute approximate surface area is 331 Å². The zero-order valence-corrected chi connectivity index (χ0v) is 32.4. The van der Waals surface area contributed by atoms with E-state index in [0.29, 0.717) is 24.3 Å². The summed E-state index contributed by atoms with van der Waals surface area (Å²) in [4.78, 5) is 51.5. The van der Waals surface area contributed by atoms with Crippen LogP contribution in [0.5, 0.6) is 11.5 Å². The monoisotopic (exact) mass is 772 g/mol. The van der Waals surface area contributed by atoms with E-state index >= 15 is 0 Å². The number of aromatic nitrogens is 4. The van der Waals surface area contributed by atoms with Crippen LogP contribution in [0.2, 0.25) is 0 Å². The lowest BCUT2D eigenvalue weighted by Gasteiger charge is -2.33. The Morgan fingerprint density at radius 3 is 2.46 bits per heavy atom. The van der Waals surface area contributed by atoms with Crippen LogP contribution in [-0.4, -0.2) is 78.7 Å². The largest absolute Gasteiger partial charge is 0.457 e. The van der Waals surface area contributed by atoms with E-state index in [1.54, 1.807) is 16.7 Å². The van der Waals surface area contributed by atoms with Crippen LogP contribution in [0.15, 0.2) is 84.0 Å². The molecule has 0 bridgehead atoms. The van der Waals surface area contributed by atoms with Gasteiger partial charge in [0.15, 0.2) is 5.65 Å². The van der Waals surface area contributed by atoms with Gasteiger partial charge in [0.1, 0.15) is 35.4 Å². The number of thioether (sulfide) groups is 1. The van der Waals surface area contributed by atoms with E-state index in [1.165, 1.54) is 38.4 Å². The minimum atomic E-state index is -0.585. The number of likely N-dealkylation sites (tertiary alicyclic amines) is 1. The molecular weight excluding hydrogens is 725 g/mol. The number of carbonyl (C=O) groups excluding carboxylic acids is 3. The van der Waals surface area contributed by atoms with Crippen LogP contribution in [-0.2, 0) is 16.1 Å². The van der Waals surface area contributed by atoms with Crippen LogP contribution < -0.4 is 15.8 Å². The van der Waals surface area contributed by atoms with Gasteiger partial charge in [-0.15, -0.1) is 11.8 Å². The highest BCUT2D eigenvalue weighted by atomic mass is 32.2. The first-order valence-electron chi connectivity index (χ1n) is 19.9. The number of imide groups is 1. The minimum absolute atomic E-state index is 0.117. The number of ether oxygens (including phenoxy) is 1. The molecule has 2 fully saturated rings. The van der Waals surface area contributed by atoms with Crippen molar-refractivity contribution >= 4 is 46.3 Å². The molecule has 2 saturated heterocycles. The quantitative estimate of drug-likeness (QED) is 0.0627. The molecule has 0 saturated carbocycles. The van der Waals surface area contributed by atoms with E-state index in [2.05, 4.69) is 30.9 Å². The Hall–Kier alpha value is -5.27. The second-order valence-corrected chi connectivity index (χ2v) is 16.1. The molecule has 0 aliphatic carbocycles. The minimum Gasteiger partial charge on any atom is -0.457 e. The highest BCUT2D eigenvalue weighted by molar-refractivity contribution is 7.99. The predicted molar refractivity (Wildman–Crippen MR) is 217 cm³/mol. The van der Waals surface area contributed by atoms with Crippen molar-refractivity contribution in [1.82, 2.24) is 34.9 Å². The molecular formula is C43H48N8O4S. The molecule has 8 rings (SSSR count). The first-order chi connectivity index (χ1) is 27.4. The van der Waals surface area contributed by atoms with Gasteiger partial charge in [-0.3, -0.25) is 19.7 Å². The second-order valence-electron chi connectivity index (χ2n) is 14.9. The molecule has 1 unspecified atom stereocenters. The number of nitrogens with two attached hydrogens (primary N) is 1. The molecule has 12 nitrogen and oxygen atoms in total. The summed E-state index contributed by atoms with van der Waals surface area (Å²) in [6, 6.07) is 23.2. The summed E-state index contributed by atoms with van der Waals surface area (Å²) in [6.45, 7) is 3.53. The van der Waals surface area contributed by atoms with E-state index in [4.69, 9.17) is 15.6 Å². The second kappa shape index (κ2) is 17.3. The van der Waals surface area contributed by atoms with Gasteiger partial charge in [0.25, 0.3) is 5.91 Å². The number of anilines is 1. The lowest BCUT2D eigenvalue weighted by Crippen LogP contribution is -2.52. The molecule has 13 heteroatoms. The molecule has 2 atom stereocenters. The summed E-state index contributed by atoms with van der Waals surface area (Å²) in [5.41, 5.74) is 10.6. The zero-order chi connectivity index (χ0) is 38.4. The summed E-state index contributed by atoms with van der Waals surface area (Å²) in [6.07, 6.45) is 11.4. The molecule has 0 radical (unpaired) electrons. The number of piperidine rings is 2. The lowest BCUT2D eigenvalue weighted by atomic mass is 10.0. The number of para-hydroxylation sites is 1. The van der Waals surface area contributed by atoms with Crippen LogP contribution in [0.4, 0.5) is 5.82 Å². The maximum absolute atomic E-state index is 13.1. The van der Waals surface area contributed by atoms with Gasteiger partial charge in [-0.2, -0.15) is 5.10 Å². The molecule has 5 heterocycles. The molecule has 2 aromatic heterocycles. The fourth-order valence-corrected chi connectivity index (χ4v) is 9.30. The Balaban J connectivity index is 0.782. The Bertz CT molecular complexity index is 2190. The highest BCUT2D eigenvalue weighted by Gasteiger charge is 2.39. The smallest absolute Gasteiger partial charge is 0.255 e. The van der Waals surface area contributed by atoms with Crippen molar-refractivity contribution in [3.8, 4) is 22.8 Å². The topological polar surface area (TPSA) is 149 Å². The van der Waals surface area contributed by atoms with Crippen LogP contribution in [0.1, 0.15) is 86.2 Å². The number of nitrogen functional groups attached to an aromatic ring is 1. The molecule has 3 N–H and O–H groups in total. The Morgan fingerprint density at radius 2 is 1.64 bits per heavy atom. The van der Waals surface area contributed by atoms with Crippen molar-refractivity contribution in [2.24, 2.45) is 0 Å². The number of hydrogen-bond acceptors (Lipinski definition) is 10. The maximum Gasteiger partial charge on any atom is 0.255 e. The summed E-state index contributed by atoms with van der Waals surface area (Å²) < 4.78 is 8.09. The SMILES string of the molecule is Nc1ncnc2c1c(-c1ccc(Oc3ccccc3)cc1)nn2[C@@H]1CCCN(CCCCCCCCSc2cccc3c2CN(C2CCC(=O)NC2=O)C3=O)C1. The van der Waals surface area contributed by atoms with Gasteiger partial charge in [0.2, 0.25) is 11.8 Å². The van der Waals surface area contributed by atoms with Crippen molar-refractivity contribution in [2.45, 2.75) is 87.7 Å². The van der Waals surface area contributed by atoms with Gasteiger partial charge in [-0.1, -0.05) is 49.9 Å². The molecule has 3 aromatic carbocycles. The number of carbonyl (C=O) groups is 3. The van der Waals surface area contributed by atoms with E-state index in [-0.39, 0.29) is 30.2 Å². The van der Waals surface area contributed by atoms with Crippen LogP contribution in [0.25, 0.3) is 22.3 Å². The van der Waals surface area contributed by atoms with Gasteiger partial charge >= 0.3 is 0 Å². The first-order valence-corrected chi connectivity index (χ1v) is 20.9. The zero-order valence-electron chi connectivity index (χ0n) is 31.6. The Kier molecular flexibility index (Phi) is 11.6. The van der Waals surface area contributed by atoms with Crippen molar-refractivity contribution in [3.05, 3.63) is 90.3 Å². The summed E-state index contributed by atoms with van der Waals surface area (Å²) in [7, 11) is 0. The number of hydrogen-bond donors (Lipinski definition) is 2. The normalized spacial score (nSPS) is 18.7. The van der Waals surface area contributed by atoms with Crippen molar-refractivity contribution < 1.29 is 19.1 Å². The number of amides is 3. The van der Waals surface area contributed by atoms with E-state index in [0.717, 1.165) is 88.9 Å². The average molecular weight is 773 g/mol. The fraction of sp³-hybridized carbons (Fsp3) is 0.395. The first kappa shape index (κ1) is 37.6. The predicted octanol–water partition coefficient (Wildman–Crippen LogP) is 7.40. The summed E-state index contributed by atoms with van der Waals surface area (Å²) in [5.74, 6) is 2.21. The molecule has 0 spiro atoms. The van der Waals surface area contributed by atoms with Gasteiger partial charge in [0.05, 0.1) is 11.4 Å². The number of fused-ring (bicyclic) bond motifs is 2. The van der Waals surface area contributed by atoms with Crippen LogP contribution in [0, 0.1) is 0 Å². The van der Waals surface area contributed by atoms with Gasteiger partial charge < -0.3 is 20.3 Å². The third kappa shape index (κ3) is 8.29. The highest BCUT2D eigenvalue weighted by Crippen LogP contribution is 2.36. The molecule has 3 aliphatic heterocycles. The Morgan fingerprint density at radius 1 is 0.857 bits per heavy atom. The third-order valence-corrected chi connectivity index (χ3v) is 12.3. The molecule has 56 heavy (non-hydrogen) atoms. The van der Waals surface area contributed by atoms with Crippen LogP contribution >= 0.6 is 11.8 Å². The maximum atomic E-state index is 13.1. The van der Waals surface area contributed by atoms with Gasteiger partial charge in [-0.05, 0) is 105 Å². The number of rotatable bonds is 15. The third-order valence-electron chi connectivity index (χ3n) is 11.1.